The summed E-state index contributed by atoms with van der Waals surface area (Å²) in [6, 6.07) is 1.92. The Morgan fingerprint density at radius 1 is 1.33 bits per heavy atom. The van der Waals surface area contributed by atoms with Crippen molar-refractivity contribution in [1.29, 1.82) is 0 Å². The number of carbonyl (C=O) groups excluding carboxylic acids is 1. The van der Waals surface area contributed by atoms with Gasteiger partial charge in [-0.2, -0.15) is 13.2 Å². The number of amides is 1. The minimum atomic E-state index is -4.26. The zero-order valence-electron chi connectivity index (χ0n) is 11.4. The lowest BCUT2D eigenvalue weighted by atomic mass is 9.99. The number of nitrogens with one attached hydrogen (secondary N) is 2. The second-order valence-electron chi connectivity index (χ2n) is 5.21. The molecule has 1 amide bonds. The number of hydrogen-bond donors (Lipinski definition) is 2. The maximum atomic E-state index is 13.0. The third kappa shape index (κ3) is 3.93. The molecule has 1 heterocycles. The fourth-order valence-corrected chi connectivity index (χ4v) is 2.40. The summed E-state index contributed by atoms with van der Waals surface area (Å²) in [5.41, 5.74) is 0.818. The molecule has 1 aromatic carbocycles. The molecule has 2 N–H and O–H groups in total. The molecule has 1 aliphatic heterocycles. The number of carbonyl (C=O) groups is 1. The summed E-state index contributed by atoms with van der Waals surface area (Å²) >= 11 is 0. The molecule has 1 fully saturated rings. The topological polar surface area (TPSA) is 41.1 Å². The van der Waals surface area contributed by atoms with Crippen molar-refractivity contribution in [3.63, 3.8) is 0 Å². The molecule has 21 heavy (non-hydrogen) atoms. The molecule has 116 valence electrons. The molecule has 1 aliphatic rings. The van der Waals surface area contributed by atoms with Crippen molar-refractivity contribution >= 4 is 5.91 Å². The maximum absolute atomic E-state index is 13.0. The van der Waals surface area contributed by atoms with E-state index in [1.807, 2.05) is 0 Å². The third-order valence-corrected chi connectivity index (χ3v) is 3.58. The van der Waals surface area contributed by atoms with Crippen LogP contribution in [-0.2, 0) is 0 Å². The van der Waals surface area contributed by atoms with Gasteiger partial charge in [-0.1, -0.05) is 0 Å². The highest BCUT2D eigenvalue weighted by Gasteiger charge is 2.41. The van der Waals surface area contributed by atoms with Crippen LogP contribution in [0, 0.1) is 12.7 Å². The number of alkyl halides is 3. The molecule has 0 aliphatic carbocycles. The van der Waals surface area contributed by atoms with Gasteiger partial charge in [0.25, 0.3) is 5.91 Å². The van der Waals surface area contributed by atoms with E-state index in [0.29, 0.717) is 11.1 Å². The molecule has 2 atom stereocenters. The van der Waals surface area contributed by atoms with Crippen molar-refractivity contribution in [3.8, 4) is 0 Å². The first-order chi connectivity index (χ1) is 9.77. The lowest BCUT2D eigenvalue weighted by Crippen LogP contribution is -2.54. The standard InChI is InChI=1S/C14H16F4N2O/c1-8-6-9(15)2-4-11(8)13(21)20-10-3-5-12(19-7-10)14(16,17)18/h2,4,6,10,12,19H,3,5,7H2,1H3,(H,20,21). The number of halogens is 4. The van der Waals surface area contributed by atoms with Gasteiger partial charge in [-0.15, -0.1) is 0 Å². The lowest BCUT2D eigenvalue weighted by Gasteiger charge is -2.31. The van der Waals surface area contributed by atoms with Crippen molar-refractivity contribution in [2.45, 2.75) is 38.0 Å². The van der Waals surface area contributed by atoms with E-state index in [9.17, 15) is 22.4 Å². The van der Waals surface area contributed by atoms with Crippen LogP contribution in [0.1, 0.15) is 28.8 Å². The van der Waals surface area contributed by atoms with Gasteiger partial charge in [0.2, 0.25) is 0 Å². The Hall–Kier alpha value is -1.63. The third-order valence-electron chi connectivity index (χ3n) is 3.58. The molecular weight excluding hydrogens is 288 g/mol. The van der Waals surface area contributed by atoms with Crippen LogP contribution in [0.25, 0.3) is 0 Å². The number of aryl methyl sites for hydroxylation is 1. The minimum absolute atomic E-state index is 0.0656. The van der Waals surface area contributed by atoms with E-state index in [1.165, 1.54) is 18.2 Å². The largest absolute Gasteiger partial charge is 0.403 e. The second kappa shape index (κ2) is 6.01. The van der Waals surface area contributed by atoms with E-state index in [4.69, 9.17) is 0 Å². The second-order valence-corrected chi connectivity index (χ2v) is 5.21. The van der Waals surface area contributed by atoms with Gasteiger partial charge >= 0.3 is 6.18 Å². The van der Waals surface area contributed by atoms with Crippen LogP contribution >= 0.6 is 0 Å². The van der Waals surface area contributed by atoms with E-state index < -0.39 is 23.9 Å². The van der Waals surface area contributed by atoms with Crippen molar-refractivity contribution in [3.05, 3.63) is 35.1 Å². The van der Waals surface area contributed by atoms with E-state index in [-0.39, 0.29) is 25.4 Å². The molecule has 0 spiro atoms. The minimum Gasteiger partial charge on any atom is -0.348 e. The van der Waals surface area contributed by atoms with Gasteiger partial charge < -0.3 is 10.6 Å². The first kappa shape index (κ1) is 15.8. The van der Waals surface area contributed by atoms with E-state index in [1.54, 1.807) is 6.92 Å². The highest BCUT2D eigenvalue weighted by Crippen LogP contribution is 2.26. The number of benzene rings is 1. The molecule has 2 unspecified atom stereocenters. The summed E-state index contributed by atoms with van der Waals surface area (Å²) in [4.78, 5) is 12.0. The van der Waals surface area contributed by atoms with Crippen molar-refractivity contribution in [2.75, 3.05) is 6.54 Å². The zero-order chi connectivity index (χ0) is 15.6. The summed E-state index contributed by atoms with van der Waals surface area (Å²) in [5.74, 6) is -0.832. The number of rotatable bonds is 2. The molecule has 0 aromatic heterocycles. The quantitative estimate of drug-likeness (QED) is 0.825. The van der Waals surface area contributed by atoms with E-state index in [2.05, 4.69) is 10.6 Å². The first-order valence-electron chi connectivity index (χ1n) is 6.64. The monoisotopic (exact) mass is 304 g/mol. The molecule has 7 heteroatoms. The molecule has 1 saturated heterocycles. The van der Waals surface area contributed by atoms with Gasteiger partial charge in [-0.05, 0) is 43.5 Å². The summed E-state index contributed by atoms with van der Waals surface area (Å²) in [7, 11) is 0. The Morgan fingerprint density at radius 2 is 2.05 bits per heavy atom. The highest BCUT2D eigenvalue weighted by atomic mass is 19.4. The van der Waals surface area contributed by atoms with Crippen LogP contribution in [0.15, 0.2) is 18.2 Å². The number of hydrogen-bond acceptors (Lipinski definition) is 2. The van der Waals surface area contributed by atoms with Crippen molar-refractivity contribution in [1.82, 2.24) is 10.6 Å². The molecular formula is C14H16F4N2O. The molecule has 0 bridgehead atoms. The van der Waals surface area contributed by atoms with Crippen LogP contribution in [0.4, 0.5) is 17.6 Å². The van der Waals surface area contributed by atoms with Gasteiger partial charge in [0.15, 0.2) is 0 Å². The Balaban J connectivity index is 1.93. The highest BCUT2D eigenvalue weighted by molar-refractivity contribution is 5.95. The van der Waals surface area contributed by atoms with Crippen LogP contribution in [-0.4, -0.2) is 30.7 Å². The van der Waals surface area contributed by atoms with Crippen LogP contribution in [0.3, 0.4) is 0 Å². The predicted molar refractivity (Wildman–Crippen MR) is 69.5 cm³/mol. The first-order valence-corrected chi connectivity index (χ1v) is 6.64. The van der Waals surface area contributed by atoms with Crippen molar-refractivity contribution in [2.24, 2.45) is 0 Å². The lowest BCUT2D eigenvalue weighted by molar-refractivity contribution is -0.160. The normalized spacial score (nSPS) is 22.9. The van der Waals surface area contributed by atoms with Crippen LogP contribution < -0.4 is 10.6 Å². The van der Waals surface area contributed by atoms with Gasteiger partial charge in [0.05, 0.1) is 0 Å². The summed E-state index contributed by atoms with van der Waals surface area (Å²) in [5, 5.41) is 5.07. The van der Waals surface area contributed by atoms with Gasteiger partial charge in [-0.25, -0.2) is 4.39 Å². The Bertz CT molecular complexity index is 522. The molecule has 0 radical (unpaired) electrons. The smallest absolute Gasteiger partial charge is 0.348 e. The zero-order valence-corrected chi connectivity index (χ0v) is 11.4. The van der Waals surface area contributed by atoms with Crippen molar-refractivity contribution < 1.29 is 22.4 Å². The summed E-state index contributed by atoms with van der Waals surface area (Å²) in [6.45, 7) is 1.67. The maximum Gasteiger partial charge on any atom is 0.403 e. The van der Waals surface area contributed by atoms with E-state index >= 15 is 0 Å². The van der Waals surface area contributed by atoms with Gasteiger partial charge in [-0.3, -0.25) is 4.79 Å². The van der Waals surface area contributed by atoms with Gasteiger partial charge in [0.1, 0.15) is 11.9 Å². The SMILES string of the molecule is Cc1cc(F)ccc1C(=O)NC1CCC(C(F)(F)F)NC1. The molecule has 2 rings (SSSR count). The number of piperidine rings is 1. The predicted octanol–water partition coefficient (Wildman–Crippen LogP) is 2.55. The van der Waals surface area contributed by atoms with Crippen LogP contribution in [0.5, 0.6) is 0 Å². The van der Waals surface area contributed by atoms with Crippen LogP contribution in [0.2, 0.25) is 0 Å². The Labute approximate surface area is 119 Å². The molecule has 0 saturated carbocycles. The average Bonchev–Trinajstić information content (AvgIpc) is 2.38. The summed E-state index contributed by atoms with van der Waals surface area (Å²) in [6.07, 6.45) is -4.08. The Morgan fingerprint density at radius 3 is 2.57 bits per heavy atom. The fourth-order valence-electron chi connectivity index (χ4n) is 2.40. The molecule has 3 nitrogen and oxygen atoms in total. The fraction of sp³-hybridized carbons (Fsp3) is 0.500. The van der Waals surface area contributed by atoms with E-state index in [0.717, 1.165) is 0 Å². The average molecular weight is 304 g/mol. The Kier molecular flexibility index (Phi) is 4.51. The van der Waals surface area contributed by atoms with Gasteiger partial charge in [0, 0.05) is 18.2 Å². The molecule has 1 aromatic rings. The summed E-state index contributed by atoms with van der Waals surface area (Å²) < 4.78 is 50.5.